The molecule has 19 heavy (non-hydrogen) atoms. The third-order valence-corrected chi connectivity index (χ3v) is 2.90. The standard InChI is InChI=1S/C14H15N3O2/c1-9-6-12(18-2)13(19-3)7-10(9)11-8-16-14(17-11)4-5-15/h6-8H,4H2,1-3H3,(H,16,17). The van der Waals surface area contributed by atoms with Crippen molar-refractivity contribution >= 4 is 0 Å². The Morgan fingerprint density at radius 1 is 1.26 bits per heavy atom. The summed E-state index contributed by atoms with van der Waals surface area (Å²) >= 11 is 0. The summed E-state index contributed by atoms with van der Waals surface area (Å²) in [6, 6.07) is 5.88. The Hall–Kier alpha value is -2.48. The number of aromatic amines is 1. The van der Waals surface area contributed by atoms with Crippen LogP contribution in [0.2, 0.25) is 0 Å². The van der Waals surface area contributed by atoms with Crippen LogP contribution in [0.15, 0.2) is 18.3 Å². The van der Waals surface area contributed by atoms with Gasteiger partial charge in [0.15, 0.2) is 11.5 Å². The molecule has 1 heterocycles. The zero-order chi connectivity index (χ0) is 13.8. The number of hydrogen-bond acceptors (Lipinski definition) is 4. The number of methoxy groups -OCH3 is 2. The summed E-state index contributed by atoms with van der Waals surface area (Å²) in [6.45, 7) is 1.99. The van der Waals surface area contributed by atoms with Crippen LogP contribution in [0.1, 0.15) is 11.4 Å². The van der Waals surface area contributed by atoms with E-state index in [-0.39, 0.29) is 6.42 Å². The molecule has 0 amide bonds. The van der Waals surface area contributed by atoms with Gasteiger partial charge in [-0.2, -0.15) is 5.26 Å². The van der Waals surface area contributed by atoms with E-state index in [0.29, 0.717) is 17.3 Å². The molecule has 0 aliphatic carbocycles. The van der Waals surface area contributed by atoms with Gasteiger partial charge in [-0.3, -0.25) is 0 Å². The van der Waals surface area contributed by atoms with Gasteiger partial charge in [-0.05, 0) is 24.6 Å². The van der Waals surface area contributed by atoms with Crippen LogP contribution < -0.4 is 9.47 Å². The molecule has 0 saturated carbocycles. The Morgan fingerprint density at radius 2 is 1.95 bits per heavy atom. The van der Waals surface area contributed by atoms with E-state index in [2.05, 4.69) is 16.0 Å². The maximum absolute atomic E-state index is 8.66. The average Bonchev–Trinajstić information content (AvgIpc) is 2.87. The van der Waals surface area contributed by atoms with Gasteiger partial charge in [0.05, 0.1) is 38.6 Å². The smallest absolute Gasteiger partial charge is 0.161 e. The first-order chi connectivity index (χ1) is 9.19. The lowest BCUT2D eigenvalue weighted by molar-refractivity contribution is 0.355. The molecule has 0 aliphatic rings. The van der Waals surface area contributed by atoms with E-state index >= 15 is 0 Å². The molecular weight excluding hydrogens is 242 g/mol. The number of H-pyrrole nitrogens is 1. The summed E-state index contributed by atoms with van der Waals surface area (Å²) in [7, 11) is 3.21. The Kier molecular flexibility index (Phi) is 3.71. The summed E-state index contributed by atoms with van der Waals surface area (Å²) in [5.41, 5.74) is 2.89. The van der Waals surface area contributed by atoms with Crippen molar-refractivity contribution in [3.05, 3.63) is 29.7 Å². The van der Waals surface area contributed by atoms with Crippen molar-refractivity contribution < 1.29 is 9.47 Å². The fraction of sp³-hybridized carbons (Fsp3) is 0.286. The second-order valence-corrected chi connectivity index (χ2v) is 4.10. The van der Waals surface area contributed by atoms with Gasteiger partial charge in [0.2, 0.25) is 0 Å². The van der Waals surface area contributed by atoms with E-state index in [1.165, 1.54) is 0 Å². The first-order valence-corrected chi connectivity index (χ1v) is 5.83. The molecular formula is C14H15N3O2. The molecule has 5 heteroatoms. The van der Waals surface area contributed by atoms with Crippen LogP contribution >= 0.6 is 0 Å². The van der Waals surface area contributed by atoms with Gasteiger partial charge in [-0.1, -0.05) is 0 Å². The molecule has 0 spiro atoms. The SMILES string of the molecule is COc1cc(C)c(-c2cnc(CC#N)[nH]2)cc1OC. The predicted octanol–water partition coefficient (Wildman–Crippen LogP) is 2.47. The van der Waals surface area contributed by atoms with Gasteiger partial charge >= 0.3 is 0 Å². The molecule has 0 aliphatic heterocycles. The van der Waals surface area contributed by atoms with Crippen molar-refractivity contribution in [1.29, 1.82) is 5.26 Å². The number of rotatable bonds is 4. The summed E-state index contributed by atoms with van der Waals surface area (Å²) in [5, 5.41) is 8.66. The third kappa shape index (κ3) is 2.52. The predicted molar refractivity (Wildman–Crippen MR) is 71.2 cm³/mol. The largest absolute Gasteiger partial charge is 0.493 e. The van der Waals surface area contributed by atoms with E-state index in [4.69, 9.17) is 14.7 Å². The number of nitrogens with one attached hydrogen (secondary N) is 1. The molecule has 98 valence electrons. The Balaban J connectivity index is 2.46. The fourth-order valence-corrected chi connectivity index (χ4v) is 1.93. The number of ether oxygens (including phenoxy) is 2. The summed E-state index contributed by atoms with van der Waals surface area (Å²) in [6.07, 6.45) is 1.99. The summed E-state index contributed by atoms with van der Waals surface area (Å²) < 4.78 is 10.6. The number of nitrogens with zero attached hydrogens (tertiary/aromatic N) is 2. The van der Waals surface area contributed by atoms with Gasteiger partial charge in [-0.15, -0.1) is 0 Å². The topological polar surface area (TPSA) is 70.9 Å². The molecule has 1 aromatic carbocycles. The molecule has 0 saturated heterocycles. The van der Waals surface area contributed by atoms with Crippen LogP contribution in [0.25, 0.3) is 11.3 Å². The molecule has 0 bridgehead atoms. The lowest BCUT2D eigenvalue weighted by Crippen LogP contribution is -1.93. The van der Waals surface area contributed by atoms with Gasteiger partial charge in [0.1, 0.15) is 5.82 Å². The molecule has 0 unspecified atom stereocenters. The number of nitriles is 1. The summed E-state index contributed by atoms with van der Waals surface area (Å²) in [4.78, 5) is 7.30. The molecule has 1 aromatic heterocycles. The highest BCUT2D eigenvalue weighted by Crippen LogP contribution is 2.34. The van der Waals surface area contributed by atoms with Crippen LogP contribution in [0, 0.1) is 18.3 Å². The highest BCUT2D eigenvalue weighted by Gasteiger charge is 2.12. The molecule has 0 radical (unpaired) electrons. The lowest BCUT2D eigenvalue weighted by Gasteiger charge is -2.11. The Labute approximate surface area is 111 Å². The van der Waals surface area contributed by atoms with Crippen LogP contribution in [-0.2, 0) is 6.42 Å². The molecule has 0 atom stereocenters. The first-order valence-electron chi connectivity index (χ1n) is 5.83. The number of aromatic nitrogens is 2. The Morgan fingerprint density at radius 3 is 2.58 bits per heavy atom. The Bertz CT molecular complexity index is 626. The maximum atomic E-state index is 8.66. The quantitative estimate of drug-likeness (QED) is 0.913. The number of hydrogen-bond donors (Lipinski definition) is 1. The number of benzene rings is 1. The van der Waals surface area contributed by atoms with Gasteiger partial charge in [-0.25, -0.2) is 4.98 Å². The lowest BCUT2D eigenvalue weighted by atomic mass is 10.1. The van der Waals surface area contributed by atoms with E-state index < -0.39 is 0 Å². The minimum absolute atomic E-state index is 0.270. The summed E-state index contributed by atoms with van der Waals surface area (Å²) in [5.74, 6) is 2.02. The van der Waals surface area contributed by atoms with Gasteiger partial charge < -0.3 is 14.5 Å². The first kappa shape index (κ1) is 13.0. The normalized spacial score (nSPS) is 10.0. The fourth-order valence-electron chi connectivity index (χ4n) is 1.93. The monoisotopic (exact) mass is 257 g/mol. The second kappa shape index (κ2) is 5.44. The van der Waals surface area contributed by atoms with Crippen LogP contribution in [0.3, 0.4) is 0 Å². The van der Waals surface area contributed by atoms with Crippen molar-refractivity contribution in [2.75, 3.05) is 14.2 Å². The van der Waals surface area contributed by atoms with E-state index in [9.17, 15) is 0 Å². The van der Waals surface area contributed by atoms with Crippen LogP contribution in [0.4, 0.5) is 0 Å². The van der Waals surface area contributed by atoms with Crippen molar-refractivity contribution in [3.63, 3.8) is 0 Å². The second-order valence-electron chi connectivity index (χ2n) is 4.10. The van der Waals surface area contributed by atoms with Crippen molar-refractivity contribution in [2.45, 2.75) is 13.3 Å². The van der Waals surface area contributed by atoms with E-state index in [1.54, 1.807) is 20.4 Å². The number of aryl methyl sites for hydroxylation is 1. The minimum atomic E-state index is 0.270. The van der Waals surface area contributed by atoms with E-state index in [1.807, 2.05) is 19.1 Å². The molecule has 1 N–H and O–H groups in total. The zero-order valence-corrected chi connectivity index (χ0v) is 11.2. The van der Waals surface area contributed by atoms with Crippen LogP contribution in [-0.4, -0.2) is 24.2 Å². The third-order valence-electron chi connectivity index (χ3n) is 2.90. The van der Waals surface area contributed by atoms with Crippen LogP contribution in [0.5, 0.6) is 11.5 Å². The van der Waals surface area contributed by atoms with Gasteiger partial charge in [0, 0.05) is 5.56 Å². The molecule has 2 rings (SSSR count). The highest BCUT2D eigenvalue weighted by molar-refractivity contribution is 5.68. The van der Waals surface area contributed by atoms with Crippen molar-refractivity contribution in [3.8, 4) is 28.8 Å². The van der Waals surface area contributed by atoms with Crippen molar-refractivity contribution in [2.24, 2.45) is 0 Å². The minimum Gasteiger partial charge on any atom is -0.493 e. The van der Waals surface area contributed by atoms with E-state index in [0.717, 1.165) is 16.8 Å². The van der Waals surface area contributed by atoms with Gasteiger partial charge in [0.25, 0.3) is 0 Å². The average molecular weight is 257 g/mol. The maximum Gasteiger partial charge on any atom is 0.161 e. The number of imidazole rings is 1. The highest BCUT2D eigenvalue weighted by atomic mass is 16.5. The zero-order valence-electron chi connectivity index (χ0n) is 11.2. The molecule has 0 fully saturated rings. The molecule has 5 nitrogen and oxygen atoms in total. The molecule has 2 aromatic rings. The van der Waals surface area contributed by atoms with Crippen molar-refractivity contribution in [1.82, 2.24) is 9.97 Å².